The molecular formula is C10H24O3SSi. The van der Waals surface area contributed by atoms with E-state index in [0.29, 0.717) is 19.8 Å². The van der Waals surface area contributed by atoms with Crippen molar-refractivity contribution in [1.82, 2.24) is 0 Å². The molecule has 0 aliphatic rings. The standard InChI is InChI=1S/C10H24O3SSi/c1-5-9-10(14)15(11-6-2,12-7-3)13-8-4/h10,14H,5-9H2,1-4H3. The molecule has 1 atom stereocenters. The largest absolute Gasteiger partial charge is 0.514 e. The summed E-state index contributed by atoms with van der Waals surface area (Å²) >= 11 is 4.58. The lowest BCUT2D eigenvalue weighted by Crippen LogP contribution is -2.54. The van der Waals surface area contributed by atoms with Gasteiger partial charge in [0.15, 0.2) is 0 Å². The summed E-state index contributed by atoms with van der Waals surface area (Å²) in [6, 6.07) is 0. The Labute approximate surface area is 100 Å². The Morgan fingerprint density at radius 3 is 1.60 bits per heavy atom. The average molecular weight is 252 g/mol. The molecule has 0 aromatic carbocycles. The summed E-state index contributed by atoms with van der Waals surface area (Å²) in [7, 11) is -2.56. The molecule has 15 heavy (non-hydrogen) atoms. The quantitative estimate of drug-likeness (QED) is 0.505. The Hall–Kier alpha value is 0.447. The summed E-state index contributed by atoms with van der Waals surface area (Å²) in [5.41, 5.74) is 0. The molecule has 0 heterocycles. The third kappa shape index (κ3) is 4.87. The van der Waals surface area contributed by atoms with Gasteiger partial charge >= 0.3 is 8.80 Å². The van der Waals surface area contributed by atoms with Gasteiger partial charge in [0.25, 0.3) is 0 Å². The second-order valence-corrected chi connectivity index (χ2v) is 7.09. The summed E-state index contributed by atoms with van der Waals surface area (Å²) in [4.78, 5) is 0.0855. The van der Waals surface area contributed by atoms with Crippen LogP contribution in [0.4, 0.5) is 0 Å². The minimum atomic E-state index is -2.56. The van der Waals surface area contributed by atoms with E-state index in [2.05, 4.69) is 19.6 Å². The molecule has 0 spiro atoms. The predicted octanol–water partition coefficient (Wildman–Crippen LogP) is 2.67. The van der Waals surface area contributed by atoms with Crippen LogP contribution in [0, 0.1) is 0 Å². The van der Waals surface area contributed by atoms with Gasteiger partial charge in [0.2, 0.25) is 0 Å². The first-order chi connectivity index (χ1) is 7.16. The highest BCUT2D eigenvalue weighted by Crippen LogP contribution is 2.23. The van der Waals surface area contributed by atoms with Crippen LogP contribution in [0.5, 0.6) is 0 Å². The van der Waals surface area contributed by atoms with Crippen molar-refractivity contribution in [3.8, 4) is 0 Å². The number of hydrogen-bond donors (Lipinski definition) is 1. The molecular weight excluding hydrogens is 228 g/mol. The summed E-state index contributed by atoms with van der Waals surface area (Å²) in [5.74, 6) is 0. The number of rotatable bonds is 9. The summed E-state index contributed by atoms with van der Waals surface area (Å²) in [6.45, 7) is 9.88. The van der Waals surface area contributed by atoms with Gasteiger partial charge in [-0.2, -0.15) is 12.6 Å². The van der Waals surface area contributed by atoms with Gasteiger partial charge in [-0.3, -0.25) is 0 Å². The van der Waals surface area contributed by atoms with Crippen LogP contribution in [0.2, 0.25) is 0 Å². The SMILES string of the molecule is CCCC(S)[Si](OCC)(OCC)OCC. The molecule has 0 saturated heterocycles. The lowest BCUT2D eigenvalue weighted by Gasteiger charge is -2.32. The topological polar surface area (TPSA) is 27.7 Å². The van der Waals surface area contributed by atoms with Gasteiger partial charge in [-0.05, 0) is 27.2 Å². The van der Waals surface area contributed by atoms with Gasteiger partial charge in [-0.15, -0.1) is 0 Å². The van der Waals surface area contributed by atoms with E-state index in [1.165, 1.54) is 0 Å². The average Bonchev–Trinajstić information content (AvgIpc) is 2.19. The molecule has 0 aliphatic heterocycles. The molecule has 3 nitrogen and oxygen atoms in total. The fraction of sp³-hybridized carbons (Fsp3) is 1.00. The summed E-state index contributed by atoms with van der Waals surface area (Å²) in [6.07, 6.45) is 2.03. The van der Waals surface area contributed by atoms with Crippen LogP contribution in [0.3, 0.4) is 0 Å². The van der Waals surface area contributed by atoms with E-state index in [1.54, 1.807) is 0 Å². The van der Waals surface area contributed by atoms with Gasteiger partial charge in [0, 0.05) is 19.8 Å². The van der Waals surface area contributed by atoms with Crippen LogP contribution in [0.15, 0.2) is 0 Å². The van der Waals surface area contributed by atoms with Crippen molar-refractivity contribution in [1.29, 1.82) is 0 Å². The molecule has 0 fully saturated rings. The van der Waals surface area contributed by atoms with Gasteiger partial charge < -0.3 is 13.3 Å². The molecule has 0 radical (unpaired) electrons. The molecule has 92 valence electrons. The highest BCUT2D eigenvalue weighted by Gasteiger charge is 2.46. The Morgan fingerprint density at radius 2 is 1.33 bits per heavy atom. The van der Waals surface area contributed by atoms with E-state index in [1.807, 2.05) is 20.8 Å². The lowest BCUT2D eigenvalue weighted by atomic mass is 10.4. The lowest BCUT2D eigenvalue weighted by molar-refractivity contribution is 0.0689. The second-order valence-electron chi connectivity index (χ2n) is 3.21. The van der Waals surface area contributed by atoms with Crippen molar-refractivity contribution >= 4 is 21.4 Å². The van der Waals surface area contributed by atoms with E-state index in [-0.39, 0.29) is 4.87 Å². The fourth-order valence-corrected chi connectivity index (χ4v) is 5.07. The van der Waals surface area contributed by atoms with E-state index < -0.39 is 8.80 Å². The van der Waals surface area contributed by atoms with E-state index >= 15 is 0 Å². The van der Waals surface area contributed by atoms with Gasteiger partial charge in [-0.1, -0.05) is 13.3 Å². The molecule has 0 rings (SSSR count). The zero-order valence-electron chi connectivity index (χ0n) is 10.3. The van der Waals surface area contributed by atoms with Crippen LogP contribution < -0.4 is 0 Å². The van der Waals surface area contributed by atoms with Crippen molar-refractivity contribution in [2.24, 2.45) is 0 Å². The van der Waals surface area contributed by atoms with E-state index in [0.717, 1.165) is 12.8 Å². The van der Waals surface area contributed by atoms with Crippen LogP contribution >= 0.6 is 12.6 Å². The molecule has 1 unspecified atom stereocenters. The third-order valence-corrected chi connectivity index (χ3v) is 6.39. The van der Waals surface area contributed by atoms with Crippen LogP contribution in [-0.4, -0.2) is 33.5 Å². The van der Waals surface area contributed by atoms with Gasteiger partial charge in [0.1, 0.15) is 0 Å². The second kappa shape index (κ2) is 8.58. The fourth-order valence-electron chi connectivity index (χ4n) is 1.47. The van der Waals surface area contributed by atoms with E-state index in [9.17, 15) is 0 Å². The molecule has 0 aromatic heterocycles. The first kappa shape index (κ1) is 15.4. The first-order valence-electron chi connectivity index (χ1n) is 5.76. The van der Waals surface area contributed by atoms with Crippen molar-refractivity contribution < 1.29 is 13.3 Å². The van der Waals surface area contributed by atoms with Crippen molar-refractivity contribution in [3.05, 3.63) is 0 Å². The van der Waals surface area contributed by atoms with Gasteiger partial charge in [0.05, 0.1) is 4.87 Å². The Kier molecular flexibility index (Phi) is 8.84. The highest BCUT2D eigenvalue weighted by molar-refractivity contribution is 7.83. The summed E-state index contributed by atoms with van der Waals surface area (Å²) < 4.78 is 17.2. The maximum Gasteiger partial charge on any atom is 0.514 e. The minimum Gasteiger partial charge on any atom is -0.373 e. The maximum atomic E-state index is 5.74. The normalized spacial score (nSPS) is 14.2. The third-order valence-electron chi connectivity index (χ3n) is 2.01. The van der Waals surface area contributed by atoms with Crippen LogP contribution in [0.1, 0.15) is 40.5 Å². The molecule has 0 aromatic rings. The van der Waals surface area contributed by atoms with Crippen molar-refractivity contribution in [3.63, 3.8) is 0 Å². The number of hydrogen-bond acceptors (Lipinski definition) is 4. The zero-order valence-corrected chi connectivity index (χ0v) is 12.2. The smallest absolute Gasteiger partial charge is 0.373 e. The van der Waals surface area contributed by atoms with E-state index in [4.69, 9.17) is 13.3 Å². The van der Waals surface area contributed by atoms with Crippen LogP contribution in [0.25, 0.3) is 0 Å². The maximum absolute atomic E-state index is 5.74. The van der Waals surface area contributed by atoms with Crippen molar-refractivity contribution in [2.75, 3.05) is 19.8 Å². The molecule has 0 aliphatic carbocycles. The van der Waals surface area contributed by atoms with Crippen LogP contribution in [-0.2, 0) is 13.3 Å². The molecule has 5 heteroatoms. The predicted molar refractivity (Wildman–Crippen MR) is 68.3 cm³/mol. The zero-order chi connectivity index (χ0) is 11.7. The van der Waals surface area contributed by atoms with Crippen molar-refractivity contribution in [2.45, 2.75) is 45.4 Å². The Balaban J connectivity index is 4.57. The Bertz CT molecular complexity index is 141. The minimum absolute atomic E-state index is 0.0855. The highest BCUT2D eigenvalue weighted by atomic mass is 32.1. The molecule has 0 amide bonds. The summed E-state index contributed by atoms with van der Waals surface area (Å²) in [5, 5.41) is 0. The molecule has 0 saturated carbocycles. The molecule has 0 N–H and O–H groups in total. The number of thiol groups is 1. The van der Waals surface area contributed by atoms with Gasteiger partial charge in [-0.25, -0.2) is 0 Å². The molecule has 0 bridgehead atoms. The first-order valence-corrected chi connectivity index (χ1v) is 8.08. The Morgan fingerprint density at radius 1 is 0.933 bits per heavy atom. The monoisotopic (exact) mass is 252 g/mol.